The number of carbonyl (C=O) groups is 1. The van der Waals surface area contributed by atoms with Gasteiger partial charge in [0.25, 0.3) is 0 Å². The molecule has 0 saturated carbocycles. The van der Waals surface area contributed by atoms with Crippen molar-refractivity contribution in [3.05, 3.63) is 62.3 Å². The highest BCUT2D eigenvalue weighted by Crippen LogP contribution is 2.22. The molecule has 1 aromatic heterocycles. The Labute approximate surface area is 113 Å². The van der Waals surface area contributed by atoms with Crippen molar-refractivity contribution < 1.29 is 4.79 Å². The molecule has 1 aromatic carbocycles. The fraction of sp³-hybridized carbons (Fsp3) is 0. The van der Waals surface area contributed by atoms with Gasteiger partial charge in [-0.25, -0.2) is 0 Å². The third-order valence-electron chi connectivity index (χ3n) is 2.14. The van der Waals surface area contributed by atoms with E-state index in [0.29, 0.717) is 15.6 Å². The molecule has 0 unspecified atom stereocenters. The molecule has 0 saturated heterocycles. The Balaban J connectivity index is 2.20. The minimum absolute atomic E-state index is 0.125. The molecule has 1 heterocycles. The van der Waals surface area contributed by atoms with Crippen LogP contribution in [0.3, 0.4) is 0 Å². The summed E-state index contributed by atoms with van der Waals surface area (Å²) in [5, 5.41) is 2.85. The monoisotopic (exact) mass is 282 g/mol. The molecule has 0 spiro atoms. The topological polar surface area (TPSA) is 17.1 Å². The highest BCUT2D eigenvalue weighted by Gasteiger charge is 2.07. The first kappa shape index (κ1) is 12.4. The van der Waals surface area contributed by atoms with Gasteiger partial charge in [-0.1, -0.05) is 29.3 Å². The molecule has 0 bridgehead atoms. The molecule has 2 rings (SSSR count). The van der Waals surface area contributed by atoms with Gasteiger partial charge >= 0.3 is 0 Å². The molecule has 0 radical (unpaired) electrons. The highest BCUT2D eigenvalue weighted by molar-refractivity contribution is 7.10. The first-order valence-electron chi connectivity index (χ1n) is 4.88. The van der Waals surface area contributed by atoms with Gasteiger partial charge in [0.05, 0.1) is 5.02 Å². The smallest absolute Gasteiger partial charge is 0.187 e. The molecule has 0 fully saturated rings. The summed E-state index contributed by atoms with van der Waals surface area (Å²) >= 11 is 13.3. The van der Waals surface area contributed by atoms with Crippen molar-refractivity contribution in [2.45, 2.75) is 0 Å². The Morgan fingerprint density at radius 1 is 1.24 bits per heavy atom. The van der Waals surface area contributed by atoms with Crippen LogP contribution in [0.1, 0.15) is 15.2 Å². The van der Waals surface area contributed by atoms with E-state index in [1.54, 1.807) is 35.6 Å². The second-order valence-corrected chi connectivity index (χ2v) is 5.16. The zero-order chi connectivity index (χ0) is 12.3. The summed E-state index contributed by atoms with van der Waals surface area (Å²) in [6, 6.07) is 8.72. The van der Waals surface area contributed by atoms with E-state index in [2.05, 4.69) is 0 Å². The number of benzene rings is 1. The Bertz CT molecular complexity index is 559. The minimum atomic E-state index is -0.125. The third kappa shape index (κ3) is 3.19. The lowest BCUT2D eigenvalue weighted by Crippen LogP contribution is -1.94. The summed E-state index contributed by atoms with van der Waals surface area (Å²) in [5.74, 6) is -0.125. The predicted octanol–water partition coefficient (Wildman–Crippen LogP) is 4.95. The van der Waals surface area contributed by atoms with Crippen molar-refractivity contribution in [2.24, 2.45) is 0 Å². The Kier molecular flexibility index (Phi) is 4.00. The van der Waals surface area contributed by atoms with Crippen LogP contribution in [0.5, 0.6) is 0 Å². The van der Waals surface area contributed by atoms with Gasteiger partial charge in [-0.2, -0.15) is 0 Å². The SMILES string of the molecule is O=C(/C=C/c1cccs1)c1ccc(Cl)cc1Cl. The maximum Gasteiger partial charge on any atom is 0.187 e. The Morgan fingerprint density at radius 2 is 2.06 bits per heavy atom. The van der Waals surface area contributed by atoms with Gasteiger partial charge in [0, 0.05) is 15.5 Å². The largest absolute Gasteiger partial charge is 0.289 e. The van der Waals surface area contributed by atoms with Crippen molar-refractivity contribution in [1.82, 2.24) is 0 Å². The van der Waals surface area contributed by atoms with E-state index in [0.717, 1.165) is 4.88 Å². The molecular formula is C13H8Cl2OS. The number of rotatable bonds is 3. The number of thiophene rings is 1. The van der Waals surface area contributed by atoms with Crippen molar-refractivity contribution >= 4 is 46.4 Å². The molecule has 0 amide bonds. The number of halogens is 2. The molecule has 0 aliphatic heterocycles. The maximum atomic E-state index is 11.9. The molecule has 2 aromatic rings. The van der Waals surface area contributed by atoms with E-state index in [1.807, 2.05) is 17.5 Å². The van der Waals surface area contributed by atoms with E-state index >= 15 is 0 Å². The molecule has 1 nitrogen and oxygen atoms in total. The second kappa shape index (κ2) is 5.50. The maximum absolute atomic E-state index is 11.9. The lowest BCUT2D eigenvalue weighted by Gasteiger charge is -1.99. The van der Waals surface area contributed by atoms with Crippen LogP contribution in [0.25, 0.3) is 6.08 Å². The fourth-order valence-electron chi connectivity index (χ4n) is 1.32. The summed E-state index contributed by atoms with van der Waals surface area (Å²) in [6.45, 7) is 0. The van der Waals surface area contributed by atoms with E-state index < -0.39 is 0 Å². The zero-order valence-electron chi connectivity index (χ0n) is 8.69. The standard InChI is InChI=1S/C13H8Cl2OS/c14-9-3-5-11(12(15)8-9)13(16)6-4-10-2-1-7-17-10/h1-8H/b6-4+. The fourth-order valence-corrected chi connectivity index (χ4v) is 2.44. The highest BCUT2D eigenvalue weighted by atomic mass is 35.5. The molecule has 0 aliphatic rings. The number of ketones is 1. The summed E-state index contributed by atoms with van der Waals surface area (Å²) in [6.07, 6.45) is 3.29. The normalized spacial score (nSPS) is 10.9. The van der Waals surface area contributed by atoms with Crippen molar-refractivity contribution in [3.8, 4) is 0 Å². The quantitative estimate of drug-likeness (QED) is 0.575. The van der Waals surface area contributed by atoms with Crippen LogP contribution >= 0.6 is 34.5 Å². The van der Waals surface area contributed by atoms with Gasteiger partial charge in [0.1, 0.15) is 0 Å². The van der Waals surface area contributed by atoms with Crippen LogP contribution in [0, 0.1) is 0 Å². The predicted molar refractivity (Wildman–Crippen MR) is 74.1 cm³/mol. The third-order valence-corrected chi connectivity index (χ3v) is 3.52. The van der Waals surface area contributed by atoms with Gasteiger partial charge in [-0.05, 0) is 41.8 Å². The molecule has 0 atom stereocenters. The van der Waals surface area contributed by atoms with Crippen LogP contribution in [0.2, 0.25) is 10.0 Å². The van der Waals surface area contributed by atoms with Gasteiger partial charge in [-0.3, -0.25) is 4.79 Å². The van der Waals surface area contributed by atoms with E-state index in [4.69, 9.17) is 23.2 Å². The summed E-state index contributed by atoms with van der Waals surface area (Å²) < 4.78 is 0. The summed E-state index contributed by atoms with van der Waals surface area (Å²) in [5.41, 5.74) is 0.462. The average Bonchev–Trinajstić information content (AvgIpc) is 2.78. The van der Waals surface area contributed by atoms with Gasteiger partial charge in [-0.15, -0.1) is 11.3 Å². The number of hydrogen-bond acceptors (Lipinski definition) is 2. The van der Waals surface area contributed by atoms with Crippen LogP contribution in [0.15, 0.2) is 41.8 Å². The molecule has 4 heteroatoms. The van der Waals surface area contributed by atoms with Crippen LogP contribution in [-0.2, 0) is 0 Å². The molecule has 0 aliphatic carbocycles. The van der Waals surface area contributed by atoms with Crippen LogP contribution in [0.4, 0.5) is 0 Å². The average molecular weight is 283 g/mol. The second-order valence-electron chi connectivity index (χ2n) is 3.34. The summed E-state index contributed by atoms with van der Waals surface area (Å²) in [4.78, 5) is 12.9. The first-order chi connectivity index (χ1) is 8.16. The van der Waals surface area contributed by atoms with Gasteiger partial charge < -0.3 is 0 Å². The Morgan fingerprint density at radius 3 is 2.71 bits per heavy atom. The van der Waals surface area contributed by atoms with E-state index in [1.165, 1.54) is 6.08 Å². The van der Waals surface area contributed by atoms with Crippen molar-refractivity contribution in [3.63, 3.8) is 0 Å². The van der Waals surface area contributed by atoms with E-state index in [-0.39, 0.29) is 5.78 Å². The Hall–Kier alpha value is -1.09. The number of allylic oxidation sites excluding steroid dienone is 1. The zero-order valence-corrected chi connectivity index (χ0v) is 11.0. The molecule has 17 heavy (non-hydrogen) atoms. The van der Waals surface area contributed by atoms with Crippen LogP contribution < -0.4 is 0 Å². The lowest BCUT2D eigenvalue weighted by molar-refractivity contribution is 0.104. The van der Waals surface area contributed by atoms with Crippen LogP contribution in [-0.4, -0.2) is 5.78 Å². The van der Waals surface area contributed by atoms with Gasteiger partial charge in [0.15, 0.2) is 5.78 Å². The molecule has 0 N–H and O–H groups in total. The van der Waals surface area contributed by atoms with E-state index in [9.17, 15) is 4.79 Å². The molecular weight excluding hydrogens is 275 g/mol. The number of hydrogen-bond donors (Lipinski definition) is 0. The lowest BCUT2D eigenvalue weighted by atomic mass is 10.1. The van der Waals surface area contributed by atoms with Crippen molar-refractivity contribution in [1.29, 1.82) is 0 Å². The minimum Gasteiger partial charge on any atom is -0.289 e. The molecule has 86 valence electrons. The van der Waals surface area contributed by atoms with Crippen molar-refractivity contribution in [2.75, 3.05) is 0 Å². The van der Waals surface area contributed by atoms with Gasteiger partial charge in [0.2, 0.25) is 0 Å². The first-order valence-corrected chi connectivity index (χ1v) is 6.51. The summed E-state index contributed by atoms with van der Waals surface area (Å²) in [7, 11) is 0. The number of carbonyl (C=O) groups excluding carboxylic acids is 1.